The monoisotopic (exact) mass is 575 g/mol. The number of hydrogen-bond donors (Lipinski definition) is 1. The van der Waals surface area contributed by atoms with Gasteiger partial charge in [0.25, 0.3) is 0 Å². The van der Waals surface area contributed by atoms with Gasteiger partial charge in [0, 0.05) is 77.8 Å². The van der Waals surface area contributed by atoms with E-state index in [0.717, 1.165) is 89.8 Å². The Morgan fingerprint density at radius 3 is 2.38 bits per heavy atom. The quantitative estimate of drug-likeness (QED) is 0.319. The Kier molecular flexibility index (Phi) is 9.84. The number of carbonyl (C=O) groups excluding carboxylic acids is 1. The fourth-order valence-electron chi connectivity index (χ4n) is 4.78. The molecule has 4 heterocycles. The normalized spacial score (nSPS) is 21.1. The first-order valence-corrected chi connectivity index (χ1v) is 12.7. The molecule has 8 nitrogen and oxygen atoms in total. The number of hydrogen-bond acceptors (Lipinski definition) is 6. The second-order valence-corrected chi connectivity index (χ2v) is 9.61. The minimum Gasteiger partial charge on any atom is -0.356 e. The van der Waals surface area contributed by atoms with Crippen LogP contribution < -0.4 is 10.2 Å². The van der Waals surface area contributed by atoms with Crippen LogP contribution in [0, 0.1) is 0 Å². The number of aromatic nitrogens is 1. The van der Waals surface area contributed by atoms with E-state index in [9.17, 15) is 4.79 Å². The van der Waals surface area contributed by atoms with Crippen LogP contribution in [0.4, 0.5) is 5.13 Å². The molecule has 180 valence electrons. The Hall–Kier alpha value is -1.14. The first-order chi connectivity index (χ1) is 15.2. The molecule has 0 saturated carbocycles. The van der Waals surface area contributed by atoms with E-state index in [0.29, 0.717) is 5.91 Å². The van der Waals surface area contributed by atoms with Gasteiger partial charge in [-0.1, -0.05) is 0 Å². The van der Waals surface area contributed by atoms with Gasteiger partial charge in [0.05, 0.1) is 11.7 Å². The van der Waals surface area contributed by atoms with Gasteiger partial charge in [-0.25, -0.2) is 4.98 Å². The van der Waals surface area contributed by atoms with E-state index in [1.165, 1.54) is 18.0 Å². The van der Waals surface area contributed by atoms with Crippen LogP contribution >= 0.6 is 35.3 Å². The van der Waals surface area contributed by atoms with Crippen molar-refractivity contribution in [1.29, 1.82) is 0 Å². The molecule has 0 spiro atoms. The zero-order valence-corrected chi connectivity index (χ0v) is 22.6. The maximum Gasteiger partial charge on any atom is 0.239 e. The van der Waals surface area contributed by atoms with Crippen LogP contribution in [0.2, 0.25) is 0 Å². The van der Waals surface area contributed by atoms with Gasteiger partial charge in [-0.05, 0) is 32.6 Å². The largest absolute Gasteiger partial charge is 0.356 e. The SMILES string of the molecule is CN=C(NCCc1csc(N2CCCC2)n1)N1CCN(C(C)C(=O)N2CCCC2)CC1.I. The van der Waals surface area contributed by atoms with Crippen LogP contribution in [0.3, 0.4) is 0 Å². The van der Waals surface area contributed by atoms with Gasteiger partial charge in [-0.2, -0.15) is 0 Å². The summed E-state index contributed by atoms with van der Waals surface area (Å²) in [5.41, 5.74) is 1.16. The van der Waals surface area contributed by atoms with Gasteiger partial charge in [0.2, 0.25) is 5.91 Å². The summed E-state index contributed by atoms with van der Waals surface area (Å²) < 4.78 is 0. The number of piperazine rings is 1. The third kappa shape index (κ3) is 6.25. The third-order valence-electron chi connectivity index (χ3n) is 6.73. The summed E-state index contributed by atoms with van der Waals surface area (Å²) in [5, 5.41) is 6.87. The number of thiazole rings is 1. The van der Waals surface area contributed by atoms with Crippen molar-refractivity contribution in [3.05, 3.63) is 11.1 Å². The van der Waals surface area contributed by atoms with Crippen LogP contribution in [0.15, 0.2) is 10.4 Å². The molecule has 0 aromatic carbocycles. The molecule has 1 aromatic rings. The van der Waals surface area contributed by atoms with Crippen molar-refractivity contribution in [2.75, 3.05) is 70.9 Å². The van der Waals surface area contributed by atoms with E-state index in [1.807, 2.05) is 11.9 Å². The minimum atomic E-state index is -0.0234. The number of rotatable bonds is 6. The maximum atomic E-state index is 12.7. The maximum absolute atomic E-state index is 12.7. The summed E-state index contributed by atoms with van der Waals surface area (Å²) >= 11 is 1.76. The zero-order chi connectivity index (χ0) is 21.6. The number of nitrogens with zero attached hydrogens (tertiary/aromatic N) is 6. The van der Waals surface area contributed by atoms with E-state index in [-0.39, 0.29) is 30.0 Å². The lowest BCUT2D eigenvalue weighted by molar-refractivity contribution is -0.135. The Labute approximate surface area is 213 Å². The van der Waals surface area contributed by atoms with Gasteiger partial charge in [-0.15, -0.1) is 35.3 Å². The average molecular weight is 576 g/mol. The molecule has 1 aromatic heterocycles. The standard InChI is InChI=1S/C22H37N7OS.HI/c1-18(20(30)27-9-3-4-10-27)26-13-15-28(16-14-26)21(23-2)24-8-7-19-17-31-22(25-19)29-11-5-6-12-29;/h17-18H,3-16H2,1-2H3,(H,23,24);1H. The average Bonchev–Trinajstić information content (AvgIpc) is 3.58. The smallest absolute Gasteiger partial charge is 0.239 e. The Bertz CT molecular complexity index is 753. The molecule has 0 aliphatic carbocycles. The highest BCUT2D eigenvalue weighted by Crippen LogP contribution is 2.24. The van der Waals surface area contributed by atoms with Crippen LogP contribution in [-0.2, 0) is 11.2 Å². The number of nitrogens with one attached hydrogen (secondary N) is 1. The van der Waals surface area contributed by atoms with Crippen molar-refractivity contribution in [3.8, 4) is 0 Å². The third-order valence-corrected chi connectivity index (χ3v) is 7.68. The van der Waals surface area contributed by atoms with Crippen LogP contribution in [0.25, 0.3) is 0 Å². The van der Waals surface area contributed by atoms with Gasteiger partial charge < -0.3 is 20.0 Å². The highest BCUT2D eigenvalue weighted by molar-refractivity contribution is 14.0. The zero-order valence-electron chi connectivity index (χ0n) is 19.5. The van der Waals surface area contributed by atoms with Crippen LogP contribution in [0.5, 0.6) is 0 Å². The van der Waals surface area contributed by atoms with Crippen molar-refractivity contribution in [1.82, 2.24) is 25.0 Å². The molecule has 32 heavy (non-hydrogen) atoms. The van der Waals surface area contributed by atoms with Gasteiger partial charge in [0.1, 0.15) is 0 Å². The number of guanidine groups is 1. The molecule has 1 amide bonds. The Morgan fingerprint density at radius 2 is 1.72 bits per heavy atom. The fraction of sp³-hybridized carbons (Fsp3) is 0.773. The highest BCUT2D eigenvalue weighted by atomic mass is 127. The lowest BCUT2D eigenvalue weighted by atomic mass is 10.2. The summed E-state index contributed by atoms with van der Waals surface area (Å²) in [7, 11) is 1.85. The van der Waals surface area contributed by atoms with E-state index in [1.54, 1.807) is 11.3 Å². The Morgan fingerprint density at radius 1 is 1.06 bits per heavy atom. The molecule has 10 heteroatoms. The summed E-state index contributed by atoms with van der Waals surface area (Å²) in [5.74, 6) is 1.25. The van der Waals surface area contributed by atoms with Gasteiger partial charge >= 0.3 is 0 Å². The first-order valence-electron chi connectivity index (χ1n) is 11.8. The molecule has 1 unspecified atom stereocenters. The molecular weight excluding hydrogens is 537 g/mol. The minimum absolute atomic E-state index is 0. The van der Waals surface area contributed by atoms with Crippen LogP contribution in [-0.4, -0.2) is 104 Å². The summed E-state index contributed by atoms with van der Waals surface area (Å²) in [4.78, 5) is 31.1. The van der Waals surface area contributed by atoms with Crippen molar-refractivity contribution >= 4 is 52.3 Å². The van der Waals surface area contributed by atoms with E-state index in [2.05, 4.69) is 37.3 Å². The number of carbonyl (C=O) groups is 1. The van der Waals surface area contributed by atoms with Crippen LogP contribution in [0.1, 0.15) is 38.3 Å². The van der Waals surface area contributed by atoms with E-state index < -0.39 is 0 Å². The number of anilines is 1. The molecule has 3 aliphatic rings. The predicted octanol–water partition coefficient (Wildman–Crippen LogP) is 2.11. The van der Waals surface area contributed by atoms with Crippen molar-refractivity contribution in [2.45, 2.75) is 45.1 Å². The molecule has 3 saturated heterocycles. The molecular formula is C22H38IN7OS. The van der Waals surface area contributed by atoms with Crippen molar-refractivity contribution < 1.29 is 4.79 Å². The van der Waals surface area contributed by atoms with Gasteiger partial charge in [0.15, 0.2) is 11.1 Å². The molecule has 1 atom stereocenters. The number of likely N-dealkylation sites (tertiary alicyclic amines) is 1. The number of aliphatic imine (C=N–C) groups is 1. The molecule has 4 rings (SSSR count). The number of halogens is 1. The molecule has 0 radical (unpaired) electrons. The molecule has 3 aliphatic heterocycles. The number of amides is 1. The summed E-state index contributed by atoms with van der Waals surface area (Å²) in [6, 6.07) is -0.0234. The van der Waals surface area contributed by atoms with E-state index >= 15 is 0 Å². The molecule has 0 bridgehead atoms. The molecule has 1 N–H and O–H groups in total. The lowest BCUT2D eigenvalue weighted by Crippen LogP contribution is -2.57. The Balaban J connectivity index is 0.00000289. The summed E-state index contributed by atoms with van der Waals surface area (Å²) in [6.07, 6.45) is 5.77. The first kappa shape index (κ1) is 25.5. The topological polar surface area (TPSA) is 67.3 Å². The van der Waals surface area contributed by atoms with Crippen molar-refractivity contribution in [2.24, 2.45) is 4.99 Å². The van der Waals surface area contributed by atoms with Crippen molar-refractivity contribution in [3.63, 3.8) is 0 Å². The highest BCUT2D eigenvalue weighted by Gasteiger charge is 2.30. The fourth-order valence-corrected chi connectivity index (χ4v) is 5.69. The second-order valence-electron chi connectivity index (χ2n) is 8.77. The lowest BCUT2D eigenvalue weighted by Gasteiger charge is -2.39. The van der Waals surface area contributed by atoms with E-state index in [4.69, 9.17) is 4.98 Å². The molecule has 3 fully saturated rings. The summed E-state index contributed by atoms with van der Waals surface area (Å²) in [6.45, 7) is 10.6. The van der Waals surface area contributed by atoms with Gasteiger partial charge in [-0.3, -0.25) is 14.7 Å². The predicted molar refractivity (Wildman–Crippen MR) is 142 cm³/mol. The second kappa shape index (κ2) is 12.4.